The molecule has 0 saturated carbocycles. The van der Waals surface area contributed by atoms with Crippen molar-refractivity contribution in [1.82, 2.24) is 0 Å². The quantitative estimate of drug-likeness (QED) is 0.834. The van der Waals surface area contributed by atoms with Crippen molar-refractivity contribution in [2.24, 2.45) is 0 Å². The van der Waals surface area contributed by atoms with Crippen LogP contribution in [0.2, 0.25) is 5.02 Å². The average molecular weight is 249 g/mol. The van der Waals surface area contributed by atoms with E-state index in [9.17, 15) is 0 Å². The van der Waals surface area contributed by atoms with Crippen LogP contribution in [0.25, 0.3) is 10.4 Å². The van der Waals surface area contributed by atoms with Gasteiger partial charge in [0.15, 0.2) is 0 Å². The van der Waals surface area contributed by atoms with Crippen LogP contribution in [0.5, 0.6) is 0 Å². The molecule has 16 heavy (non-hydrogen) atoms. The van der Waals surface area contributed by atoms with Crippen molar-refractivity contribution in [3.8, 4) is 16.5 Å². The topological polar surface area (TPSA) is 49.8 Å². The van der Waals surface area contributed by atoms with Gasteiger partial charge in [-0.05, 0) is 30.2 Å². The highest BCUT2D eigenvalue weighted by Crippen LogP contribution is 2.37. The third-order valence-corrected chi connectivity index (χ3v) is 3.91. The first-order chi connectivity index (χ1) is 7.63. The smallest absolute Gasteiger partial charge is 0.128 e. The summed E-state index contributed by atoms with van der Waals surface area (Å²) in [6, 6.07) is 9.63. The third-order valence-electron chi connectivity index (χ3n) is 2.40. The molecule has 0 unspecified atom stereocenters. The molecular weight excluding hydrogens is 240 g/mol. The van der Waals surface area contributed by atoms with Crippen LogP contribution in [0.4, 0.5) is 5.69 Å². The minimum atomic E-state index is 0.572. The molecule has 0 atom stereocenters. The van der Waals surface area contributed by atoms with Gasteiger partial charge in [0.25, 0.3) is 0 Å². The summed E-state index contributed by atoms with van der Waals surface area (Å²) >= 11 is 7.24. The van der Waals surface area contributed by atoms with E-state index in [1.54, 1.807) is 0 Å². The molecule has 1 aromatic heterocycles. The molecular formula is C12H9ClN2S. The number of halogens is 1. The minimum absolute atomic E-state index is 0.572. The number of nitriles is 1. The molecule has 1 heterocycles. The van der Waals surface area contributed by atoms with Gasteiger partial charge in [-0.3, -0.25) is 0 Å². The van der Waals surface area contributed by atoms with E-state index in [4.69, 9.17) is 22.6 Å². The fourth-order valence-corrected chi connectivity index (χ4v) is 2.64. The monoisotopic (exact) mass is 248 g/mol. The summed E-state index contributed by atoms with van der Waals surface area (Å²) in [5.41, 5.74) is 8.43. The van der Waals surface area contributed by atoms with Crippen LogP contribution in [-0.2, 0) is 0 Å². The molecule has 2 rings (SSSR count). The highest BCUT2D eigenvalue weighted by Gasteiger charge is 2.13. The molecule has 0 aliphatic carbocycles. The van der Waals surface area contributed by atoms with Crippen molar-refractivity contribution >= 4 is 28.6 Å². The summed E-state index contributed by atoms with van der Waals surface area (Å²) < 4.78 is 0. The lowest BCUT2D eigenvalue weighted by atomic mass is 10.1. The molecule has 1 aromatic carbocycles. The number of benzene rings is 1. The second kappa shape index (κ2) is 4.17. The Hall–Kier alpha value is -1.50. The Balaban J connectivity index is 2.57. The second-order valence-electron chi connectivity index (χ2n) is 3.42. The van der Waals surface area contributed by atoms with Gasteiger partial charge in [0.1, 0.15) is 10.9 Å². The maximum Gasteiger partial charge on any atom is 0.128 e. The van der Waals surface area contributed by atoms with Gasteiger partial charge < -0.3 is 5.73 Å². The highest BCUT2D eigenvalue weighted by atomic mass is 35.5. The van der Waals surface area contributed by atoms with E-state index in [1.165, 1.54) is 11.3 Å². The molecule has 0 fully saturated rings. The SMILES string of the molecule is Cc1c(-c2ccc(Cl)cc2)sc(C#N)c1N. The number of nitrogens with two attached hydrogens (primary N) is 1. The summed E-state index contributed by atoms with van der Waals surface area (Å²) in [5.74, 6) is 0. The number of hydrogen-bond donors (Lipinski definition) is 1. The summed E-state index contributed by atoms with van der Waals surface area (Å²) in [6.07, 6.45) is 0. The van der Waals surface area contributed by atoms with E-state index < -0.39 is 0 Å². The lowest BCUT2D eigenvalue weighted by Crippen LogP contribution is -1.87. The maximum atomic E-state index is 8.91. The van der Waals surface area contributed by atoms with Crippen molar-refractivity contribution in [2.75, 3.05) is 5.73 Å². The summed E-state index contributed by atoms with van der Waals surface area (Å²) in [5, 5.41) is 9.61. The molecule has 0 spiro atoms. The van der Waals surface area contributed by atoms with E-state index in [1.807, 2.05) is 31.2 Å². The summed E-state index contributed by atoms with van der Waals surface area (Å²) in [6.45, 7) is 1.93. The lowest BCUT2D eigenvalue weighted by molar-refractivity contribution is 1.49. The van der Waals surface area contributed by atoms with Crippen LogP contribution in [0.3, 0.4) is 0 Å². The van der Waals surface area contributed by atoms with E-state index in [2.05, 4.69) is 6.07 Å². The van der Waals surface area contributed by atoms with Crippen molar-refractivity contribution in [1.29, 1.82) is 5.26 Å². The van der Waals surface area contributed by atoms with Gasteiger partial charge in [-0.2, -0.15) is 5.26 Å². The Kier molecular flexibility index (Phi) is 2.86. The van der Waals surface area contributed by atoms with E-state index >= 15 is 0 Å². The Morgan fingerprint density at radius 1 is 1.31 bits per heavy atom. The number of nitrogen functional groups attached to an aromatic ring is 1. The molecule has 0 amide bonds. The standard InChI is InChI=1S/C12H9ClN2S/c1-7-11(15)10(6-14)16-12(7)8-2-4-9(13)5-3-8/h2-5H,15H2,1H3. The van der Waals surface area contributed by atoms with Crippen molar-refractivity contribution in [3.63, 3.8) is 0 Å². The first kappa shape index (κ1) is 11.0. The zero-order chi connectivity index (χ0) is 11.7. The van der Waals surface area contributed by atoms with Crippen LogP contribution in [0, 0.1) is 18.3 Å². The van der Waals surface area contributed by atoms with Gasteiger partial charge in [-0.1, -0.05) is 23.7 Å². The molecule has 2 N–H and O–H groups in total. The first-order valence-corrected chi connectivity index (χ1v) is 5.88. The van der Waals surface area contributed by atoms with E-state index in [-0.39, 0.29) is 0 Å². The number of rotatable bonds is 1. The van der Waals surface area contributed by atoms with Crippen molar-refractivity contribution in [3.05, 3.63) is 39.7 Å². The normalized spacial score (nSPS) is 10.1. The molecule has 4 heteroatoms. The molecule has 2 aromatic rings. The van der Waals surface area contributed by atoms with Gasteiger partial charge in [-0.15, -0.1) is 11.3 Å². The number of anilines is 1. The predicted octanol–water partition coefficient (Wildman–Crippen LogP) is 3.83. The van der Waals surface area contributed by atoms with Gasteiger partial charge >= 0.3 is 0 Å². The zero-order valence-electron chi connectivity index (χ0n) is 8.62. The molecule has 0 radical (unpaired) electrons. The summed E-state index contributed by atoms with van der Waals surface area (Å²) in [7, 11) is 0. The summed E-state index contributed by atoms with van der Waals surface area (Å²) in [4.78, 5) is 1.60. The van der Waals surface area contributed by atoms with Crippen LogP contribution < -0.4 is 5.73 Å². The molecule has 0 aliphatic heterocycles. The average Bonchev–Trinajstić information content (AvgIpc) is 2.57. The van der Waals surface area contributed by atoms with Crippen LogP contribution in [0.1, 0.15) is 10.4 Å². The Morgan fingerprint density at radius 2 is 1.94 bits per heavy atom. The van der Waals surface area contributed by atoms with Crippen LogP contribution >= 0.6 is 22.9 Å². The van der Waals surface area contributed by atoms with Crippen molar-refractivity contribution in [2.45, 2.75) is 6.92 Å². The zero-order valence-corrected chi connectivity index (χ0v) is 10.2. The first-order valence-electron chi connectivity index (χ1n) is 4.68. The predicted molar refractivity (Wildman–Crippen MR) is 68.6 cm³/mol. The van der Waals surface area contributed by atoms with Crippen LogP contribution in [-0.4, -0.2) is 0 Å². The van der Waals surface area contributed by atoms with Gasteiger partial charge in [0.05, 0.1) is 5.69 Å². The fraction of sp³-hybridized carbons (Fsp3) is 0.0833. The largest absolute Gasteiger partial charge is 0.397 e. The Morgan fingerprint density at radius 3 is 2.44 bits per heavy atom. The van der Waals surface area contributed by atoms with Gasteiger partial charge in [-0.25, -0.2) is 0 Å². The number of hydrogen-bond acceptors (Lipinski definition) is 3. The lowest BCUT2D eigenvalue weighted by Gasteiger charge is -1.99. The van der Waals surface area contributed by atoms with Gasteiger partial charge in [0.2, 0.25) is 0 Å². The molecule has 0 saturated heterocycles. The molecule has 0 aliphatic rings. The molecule has 2 nitrogen and oxygen atoms in total. The number of thiophene rings is 1. The fourth-order valence-electron chi connectivity index (χ4n) is 1.49. The maximum absolute atomic E-state index is 8.91. The minimum Gasteiger partial charge on any atom is -0.397 e. The van der Waals surface area contributed by atoms with Crippen LogP contribution in [0.15, 0.2) is 24.3 Å². The van der Waals surface area contributed by atoms with Gasteiger partial charge in [0, 0.05) is 9.90 Å². The Bertz CT molecular complexity index is 564. The van der Waals surface area contributed by atoms with Crippen molar-refractivity contribution < 1.29 is 0 Å². The number of nitrogens with zero attached hydrogens (tertiary/aromatic N) is 1. The Labute approximate surface area is 103 Å². The van der Waals surface area contributed by atoms with E-state index in [0.29, 0.717) is 15.6 Å². The highest BCUT2D eigenvalue weighted by molar-refractivity contribution is 7.16. The molecule has 80 valence electrons. The van der Waals surface area contributed by atoms with E-state index in [0.717, 1.165) is 16.0 Å². The molecule has 0 bridgehead atoms. The second-order valence-corrected chi connectivity index (χ2v) is 4.87. The third kappa shape index (κ3) is 1.78.